The monoisotopic (exact) mass is 244 g/mol. The number of rotatable bonds is 4. The van der Waals surface area contributed by atoms with Gasteiger partial charge >= 0.3 is 0 Å². The molecule has 18 heavy (non-hydrogen) atoms. The quantitative estimate of drug-likeness (QED) is 0.882. The highest BCUT2D eigenvalue weighted by Crippen LogP contribution is 2.45. The normalized spacial score (nSPS) is 32.4. The molecule has 1 heterocycles. The van der Waals surface area contributed by atoms with Gasteiger partial charge in [-0.2, -0.15) is 0 Å². The van der Waals surface area contributed by atoms with Crippen molar-refractivity contribution in [1.82, 2.24) is 4.90 Å². The molecular weight excluding hydrogens is 220 g/mol. The predicted octanol–water partition coefficient (Wildman–Crippen LogP) is 2.64. The lowest BCUT2D eigenvalue weighted by atomic mass is 9.96. The summed E-state index contributed by atoms with van der Waals surface area (Å²) in [5.74, 6) is 1.70. The highest BCUT2D eigenvalue weighted by molar-refractivity contribution is 5.15. The van der Waals surface area contributed by atoms with Crippen molar-refractivity contribution in [2.45, 2.75) is 38.3 Å². The van der Waals surface area contributed by atoms with Crippen LogP contribution in [0.15, 0.2) is 30.3 Å². The fourth-order valence-corrected chi connectivity index (χ4v) is 3.53. The number of piperidine rings is 1. The lowest BCUT2D eigenvalue weighted by molar-refractivity contribution is 0.118. The topological polar surface area (TPSA) is 29.3 Å². The molecule has 2 heteroatoms. The number of likely N-dealkylation sites (tertiary alicyclic amines) is 1. The zero-order chi connectivity index (χ0) is 12.4. The van der Waals surface area contributed by atoms with Crippen LogP contribution in [0.25, 0.3) is 0 Å². The van der Waals surface area contributed by atoms with Crippen molar-refractivity contribution in [2.24, 2.45) is 17.6 Å². The third kappa shape index (κ3) is 2.60. The summed E-state index contributed by atoms with van der Waals surface area (Å²) in [6.45, 7) is 3.28. The van der Waals surface area contributed by atoms with Gasteiger partial charge in [0, 0.05) is 12.6 Å². The lowest BCUT2D eigenvalue weighted by Crippen LogP contribution is -2.41. The van der Waals surface area contributed by atoms with E-state index in [9.17, 15) is 0 Å². The van der Waals surface area contributed by atoms with Gasteiger partial charge in [0.1, 0.15) is 0 Å². The Labute approximate surface area is 110 Å². The van der Waals surface area contributed by atoms with Gasteiger partial charge in [-0.25, -0.2) is 0 Å². The largest absolute Gasteiger partial charge is 0.330 e. The Kier molecular flexibility index (Phi) is 3.67. The van der Waals surface area contributed by atoms with Gasteiger partial charge in [-0.1, -0.05) is 36.8 Å². The Morgan fingerprint density at radius 1 is 1.17 bits per heavy atom. The van der Waals surface area contributed by atoms with E-state index in [4.69, 9.17) is 5.73 Å². The second-order valence-electron chi connectivity index (χ2n) is 5.91. The third-order valence-electron chi connectivity index (χ3n) is 4.67. The van der Waals surface area contributed by atoms with Crippen LogP contribution in [-0.4, -0.2) is 24.0 Å². The standard InChI is InChI=1S/C16H24N2/c17-11-14-10-15(14)16-8-4-5-9-18(16)12-13-6-2-1-3-7-13/h1-3,6-7,14-16H,4-5,8-12,17H2. The Bertz CT molecular complexity index is 376. The van der Waals surface area contributed by atoms with Gasteiger partial charge in [0.2, 0.25) is 0 Å². The molecule has 3 unspecified atom stereocenters. The molecule has 2 N–H and O–H groups in total. The summed E-state index contributed by atoms with van der Waals surface area (Å²) >= 11 is 0. The van der Waals surface area contributed by atoms with Crippen molar-refractivity contribution < 1.29 is 0 Å². The molecule has 1 aliphatic heterocycles. The molecule has 1 aromatic carbocycles. The zero-order valence-corrected chi connectivity index (χ0v) is 11.1. The molecule has 1 aromatic rings. The van der Waals surface area contributed by atoms with Gasteiger partial charge in [0.05, 0.1) is 0 Å². The molecule has 0 aromatic heterocycles. The maximum atomic E-state index is 5.81. The summed E-state index contributed by atoms with van der Waals surface area (Å²) in [5.41, 5.74) is 7.26. The van der Waals surface area contributed by atoms with E-state index in [1.54, 1.807) is 0 Å². The van der Waals surface area contributed by atoms with Gasteiger partial charge < -0.3 is 5.73 Å². The predicted molar refractivity (Wildman–Crippen MR) is 75.1 cm³/mol. The lowest BCUT2D eigenvalue weighted by Gasteiger charge is -2.36. The molecule has 0 spiro atoms. The van der Waals surface area contributed by atoms with Crippen LogP contribution in [0.5, 0.6) is 0 Å². The van der Waals surface area contributed by atoms with Gasteiger partial charge in [-0.15, -0.1) is 0 Å². The van der Waals surface area contributed by atoms with Crippen LogP contribution in [0.3, 0.4) is 0 Å². The number of benzene rings is 1. The molecule has 98 valence electrons. The van der Waals surface area contributed by atoms with Crippen molar-refractivity contribution in [3.8, 4) is 0 Å². The average molecular weight is 244 g/mol. The van der Waals surface area contributed by atoms with E-state index < -0.39 is 0 Å². The molecular formula is C16H24N2. The maximum absolute atomic E-state index is 5.81. The zero-order valence-electron chi connectivity index (χ0n) is 11.1. The molecule has 2 nitrogen and oxygen atoms in total. The highest BCUT2D eigenvalue weighted by Gasteiger charge is 2.44. The Morgan fingerprint density at radius 2 is 2.00 bits per heavy atom. The molecule has 0 bridgehead atoms. The van der Waals surface area contributed by atoms with Crippen LogP contribution in [0.1, 0.15) is 31.2 Å². The Balaban J connectivity index is 1.65. The minimum Gasteiger partial charge on any atom is -0.330 e. The summed E-state index contributed by atoms with van der Waals surface area (Å²) in [4.78, 5) is 2.71. The number of hydrogen-bond acceptors (Lipinski definition) is 2. The van der Waals surface area contributed by atoms with Crippen molar-refractivity contribution in [3.63, 3.8) is 0 Å². The van der Waals surface area contributed by atoms with Crippen LogP contribution >= 0.6 is 0 Å². The molecule has 1 aliphatic carbocycles. The molecule has 3 rings (SSSR count). The second kappa shape index (κ2) is 5.41. The first kappa shape index (κ1) is 12.2. The molecule has 2 aliphatic rings. The second-order valence-corrected chi connectivity index (χ2v) is 5.91. The van der Waals surface area contributed by atoms with Gasteiger partial charge in [0.15, 0.2) is 0 Å². The van der Waals surface area contributed by atoms with Crippen LogP contribution in [-0.2, 0) is 6.54 Å². The van der Waals surface area contributed by atoms with Gasteiger partial charge in [-0.3, -0.25) is 4.90 Å². The van der Waals surface area contributed by atoms with Gasteiger partial charge in [-0.05, 0) is 49.8 Å². The van der Waals surface area contributed by atoms with Gasteiger partial charge in [0.25, 0.3) is 0 Å². The number of nitrogens with two attached hydrogens (primary N) is 1. The van der Waals surface area contributed by atoms with Crippen molar-refractivity contribution >= 4 is 0 Å². The molecule has 3 atom stereocenters. The summed E-state index contributed by atoms with van der Waals surface area (Å²) in [6, 6.07) is 11.7. The van der Waals surface area contributed by atoms with E-state index in [0.717, 1.165) is 31.0 Å². The first-order chi connectivity index (χ1) is 8.88. The minimum atomic E-state index is 0.799. The van der Waals surface area contributed by atoms with Crippen LogP contribution < -0.4 is 5.73 Å². The van der Waals surface area contributed by atoms with E-state index in [2.05, 4.69) is 35.2 Å². The molecule has 1 saturated heterocycles. The first-order valence-corrected chi connectivity index (χ1v) is 7.36. The Hall–Kier alpha value is -0.860. The molecule has 2 fully saturated rings. The maximum Gasteiger partial charge on any atom is 0.0236 e. The van der Waals surface area contributed by atoms with E-state index in [1.807, 2.05) is 0 Å². The fourth-order valence-electron chi connectivity index (χ4n) is 3.53. The van der Waals surface area contributed by atoms with E-state index in [0.29, 0.717) is 0 Å². The Morgan fingerprint density at radius 3 is 2.72 bits per heavy atom. The molecule has 0 radical (unpaired) electrons. The summed E-state index contributed by atoms with van der Waals surface area (Å²) < 4.78 is 0. The summed E-state index contributed by atoms with van der Waals surface area (Å²) in [7, 11) is 0. The number of nitrogens with zero attached hydrogens (tertiary/aromatic N) is 1. The van der Waals surface area contributed by atoms with Crippen molar-refractivity contribution in [2.75, 3.05) is 13.1 Å². The van der Waals surface area contributed by atoms with Crippen LogP contribution in [0.4, 0.5) is 0 Å². The number of hydrogen-bond donors (Lipinski definition) is 1. The fraction of sp³-hybridized carbons (Fsp3) is 0.625. The van der Waals surface area contributed by atoms with Crippen molar-refractivity contribution in [3.05, 3.63) is 35.9 Å². The third-order valence-corrected chi connectivity index (χ3v) is 4.67. The van der Waals surface area contributed by atoms with Crippen LogP contribution in [0.2, 0.25) is 0 Å². The SMILES string of the molecule is NCC1CC1C1CCCCN1Cc1ccccc1. The first-order valence-electron chi connectivity index (χ1n) is 7.36. The van der Waals surface area contributed by atoms with E-state index in [1.165, 1.54) is 37.8 Å². The van der Waals surface area contributed by atoms with Crippen LogP contribution in [0, 0.1) is 11.8 Å². The van der Waals surface area contributed by atoms with Crippen molar-refractivity contribution in [1.29, 1.82) is 0 Å². The van der Waals surface area contributed by atoms with E-state index in [-0.39, 0.29) is 0 Å². The smallest absolute Gasteiger partial charge is 0.0236 e. The minimum absolute atomic E-state index is 0.799. The molecule has 0 amide bonds. The average Bonchev–Trinajstić information content (AvgIpc) is 3.20. The summed E-state index contributed by atoms with van der Waals surface area (Å²) in [5, 5.41) is 0. The van der Waals surface area contributed by atoms with E-state index >= 15 is 0 Å². The highest BCUT2D eigenvalue weighted by atomic mass is 15.2. The molecule has 1 saturated carbocycles. The summed E-state index contributed by atoms with van der Waals surface area (Å²) in [6.07, 6.45) is 5.52.